The predicted octanol–water partition coefficient (Wildman–Crippen LogP) is 1.88. The molecule has 4 rings (SSSR count). The number of aliphatic hydroxyl groups is 1. The van der Waals surface area contributed by atoms with Crippen molar-refractivity contribution in [3.8, 4) is 5.69 Å². The number of carbonyl (C=O) groups is 2. The number of hydrogen-bond donors (Lipinski definition) is 3. The zero-order valence-corrected chi connectivity index (χ0v) is 19.1. The Morgan fingerprint density at radius 3 is 2.56 bits per heavy atom. The van der Waals surface area contributed by atoms with Gasteiger partial charge in [-0.15, -0.1) is 0 Å². The minimum atomic E-state index is -0.836. The number of pyridine rings is 1. The highest BCUT2D eigenvalue weighted by molar-refractivity contribution is 6.09. The third-order valence-electron chi connectivity index (χ3n) is 6.36. The fraction of sp³-hybridized carbons (Fsp3) is 0.360. The molecule has 0 radical (unpaired) electrons. The van der Waals surface area contributed by atoms with Crippen LogP contribution in [0.5, 0.6) is 0 Å². The zero-order chi connectivity index (χ0) is 24.4. The van der Waals surface area contributed by atoms with E-state index in [-0.39, 0.29) is 24.9 Å². The molecular weight excluding hydrogens is 432 g/mol. The molecule has 1 unspecified atom stereocenters. The van der Waals surface area contributed by atoms with E-state index in [1.807, 2.05) is 29.7 Å². The van der Waals surface area contributed by atoms with Crippen LogP contribution >= 0.6 is 0 Å². The number of ketones is 1. The van der Waals surface area contributed by atoms with Crippen molar-refractivity contribution in [1.82, 2.24) is 14.5 Å². The number of piperidine rings is 1. The topological polar surface area (TPSA) is 132 Å². The van der Waals surface area contributed by atoms with E-state index in [9.17, 15) is 14.7 Å². The van der Waals surface area contributed by atoms with Crippen LogP contribution in [0.3, 0.4) is 0 Å². The predicted molar refractivity (Wildman–Crippen MR) is 129 cm³/mol. The average Bonchev–Trinajstić information content (AvgIpc) is 3.11. The molecule has 0 spiro atoms. The molecule has 1 aromatic carbocycles. The van der Waals surface area contributed by atoms with Gasteiger partial charge in [0.25, 0.3) is 0 Å². The second-order valence-corrected chi connectivity index (χ2v) is 8.78. The highest BCUT2D eigenvalue weighted by atomic mass is 16.3. The van der Waals surface area contributed by atoms with E-state index in [2.05, 4.69) is 14.7 Å². The highest BCUT2D eigenvalue weighted by Gasteiger charge is 2.26. The van der Waals surface area contributed by atoms with Crippen LogP contribution in [0.2, 0.25) is 0 Å². The van der Waals surface area contributed by atoms with Crippen LogP contribution in [0.4, 0.5) is 5.69 Å². The number of nitrogens with zero attached hydrogens (tertiary/aromatic N) is 4. The number of aliphatic hydroxyl groups excluding tert-OH is 1. The number of fused-ring (bicyclic) bond motifs is 1. The van der Waals surface area contributed by atoms with E-state index in [4.69, 9.17) is 18.0 Å². The van der Waals surface area contributed by atoms with Gasteiger partial charge in [-0.2, -0.15) is 0 Å². The highest BCUT2D eigenvalue weighted by Crippen LogP contribution is 2.30. The van der Waals surface area contributed by atoms with E-state index in [0.29, 0.717) is 42.7 Å². The van der Waals surface area contributed by atoms with Gasteiger partial charge in [0.1, 0.15) is 0 Å². The summed E-state index contributed by atoms with van der Waals surface area (Å²) in [6.07, 6.45) is 2.87. The molecule has 34 heavy (non-hydrogen) atoms. The number of nitrogens with two attached hydrogens (primary N) is 2. The largest absolute Gasteiger partial charge is 0.393 e. The number of benzene rings is 1. The number of rotatable bonds is 7. The Balaban J connectivity index is 1.78. The molecule has 0 bridgehead atoms. The first-order valence-electron chi connectivity index (χ1n) is 11.2. The number of amides is 1. The molecule has 1 atom stereocenters. The quantitative estimate of drug-likeness (QED) is 0.364. The van der Waals surface area contributed by atoms with E-state index >= 15 is 0 Å². The van der Waals surface area contributed by atoms with Crippen LogP contribution in [0.15, 0.2) is 36.5 Å². The molecule has 1 fully saturated rings. The van der Waals surface area contributed by atoms with Crippen molar-refractivity contribution in [2.24, 2.45) is 11.5 Å². The third-order valence-corrected chi connectivity index (χ3v) is 6.36. The first kappa shape index (κ1) is 23.6. The monoisotopic (exact) mass is 460 g/mol. The van der Waals surface area contributed by atoms with Crippen molar-refractivity contribution >= 4 is 28.4 Å². The summed E-state index contributed by atoms with van der Waals surface area (Å²) < 4.78 is 1.95. The van der Waals surface area contributed by atoms with E-state index in [1.165, 1.54) is 0 Å². The molecular formula is C25H28N6O3. The standard InChI is InChI=1S/C25H28N6O3/c1-15-23(22(33)14-30-9-7-19(32)8-10-30)24-21(12-16(13-29-24)11-20(26)25(27)34)31(15)18-5-3-17(28-2)4-6-18/h3-6,12-13,19-20,32H,7-11,14,26H2,1H3,(H2,27,34). The van der Waals surface area contributed by atoms with E-state index < -0.39 is 11.9 Å². The van der Waals surface area contributed by atoms with Crippen molar-refractivity contribution in [3.63, 3.8) is 0 Å². The molecule has 0 saturated carbocycles. The minimum absolute atomic E-state index is 0.0375. The van der Waals surface area contributed by atoms with Gasteiger partial charge < -0.3 is 21.1 Å². The first-order chi connectivity index (χ1) is 16.3. The number of Topliss-reactive ketones (excluding diaryl/α,β-unsaturated/α-hetero) is 1. The number of primary amides is 1. The summed E-state index contributed by atoms with van der Waals surface area (Å²) >= 11 is 0. The Kier molecular flexibility index (Phi) is 6.75. The van der Waals surface area contributed by atoms with E-state index in [1.54, 1.807) is 18.3 Å². The molecule has 0 aliphatic carbocycles. The lowest BCUT2D eigenvalue weighted by atomic mass is 10.0. The summed E-state index contributed by atoms with van der Waals surface area (Å²) in [7, 11) is 0. The molecule has 1 aliphatic rings. The second kappa shape index (κ2) is 9.73. The fourth-order valence-electron chi connectivity index (χ4n) is 4.49. The van der Waals surface area contributed by atoms with Gasteiger partial charge in [0, 0.05) is 30.7 Å². The fourth-order valence-corrected chi connectivity index (χ4v) is 4.49. The molecule has 1 aliphatic heterocycles. The Morgan fingerprint density at radius 1 is 1.26 bits per heavy atom. The van der Waals surface area contributed by atoms with Crippen LogP contribution in [0.1, 0.15) is 34.5 Å². The zero-order valence-electron chi connectivity index (χ0n) is 19.1. The maximum Gasteiger partial charge on any atom is 0.234 e. The minimum Gasteiger partial charge on any atom is -0.393 e. The molecule has 9 nitrogen and oxygen atoms in total. The molecule has 1 amide bonds. The average molecular weight is 461 g/mol. The summed E-state index contributed by atoms with van der Waals surface area (Å²) in [6, 6.07) is 8.18. The van der Waals surface area contributed by atoms with Gasteiger partial charge in [-0.1, -0.05) is 12.1 Å². The first-order valence-corrected chi connectivity index (χ1v) is 11.2. The lowest BCUT2D eigenvalue weighted by molar-refractivity contribution is -0.119. The molecule has 9 heteroatoms. The molecule has 3 aromatic rings. The number of carbonyl (C=O) groups excluding carboxylic acids is 2. The van der Waals surface area contributed by atoms with Crippen LogP contribution in [0.25, 0.3) is 21.6 Å². The van der Waals surface area contributed by atoms with Crippen molar-refractivity contribution in [2.75, 3.05) is 19.6 Å². The number of aromatic nitrogens is 2. The summed E-state index contributed by atoms with van der Waals surface area (Å²) in [4.78, 5) is 35.0. The normalized spacial score (nSPS) is 15.8. The van der Waals surface area contributed by atoms with Gasteiger partial charge in [0.2, 0.25) is 5.91 Å². The Bertz CT molecular complexity index is 1270. The molecule has 1 saturated heterocycles. The maximum absolute atomic E-state index is 13.4. The lowest BCUT2D eigenvalue weighted by Crippen LogP contribution is -2.39. The Hall–Kier alpha value is -3.58. The molecule has 176 valence electrons. The van der Waals surface area contributed by atoms with Crippen molar-refractivity contribution < 1.29 is 14.7 Å². The van der Waals surface area contributed by atoms with Gasteiger partial charge >= 0.3 is 0 Å². The van der Waals surface area contributed by atoms with Crippen LogP contribution < -0.4 is 11.5 Å². The maximum atomic E-state index is 13.4. The Morgan fingerprint density at radius 2 is 1.94 bits per heavy atom. The van der Waals surface area contributed by atoms with E-state index in [0.717, 1.165) is 22.5 Å². The van der Waals surface area contributed by atoms with Gasteiger partial charge in [-0.3, -0.25) is 19.5 Å². The van der Waals surface area contributed by atoms with Crippen LogP contribution in [0, 0.1) is 13.5 Å². The summed E-state index contributed by atoms with van der Waals surface area (Å²) in [5, 5.41) is 9.77. The van der Waals surface area contributed by atoms with Gasteiger partial charge in [0.05, 0.1) is 41.9 Å². The number of hydrogen-bond acceptors (Lipinski definition) is 6. The molecule has 5 N–H and O–H groups in total. The second-order valence-electron chi connectivity index (χ2n) is 8.78. The van der Waals surface area contributed by atoms with Gasteiger partial charge in [0.15, 0.2) is 11.5 Å². The van der Waals surface area contributed by atoms with Crippen molar-refractivity contribution in [2.45, 2.75) is 38.3 Å². The van der Waals surface area contributed by atoms with Crippen LogP contribution in [-0.4, -0.2) is 63.0 Å². The van der Waals surface area contributed by atoms with Crippen molar-refractivity contribution in [3.05, 3.63) is 64.8 Å². The lowest BCUT2D eigenvalue weighted by Gasteiger charge is -2.28. The van der Waals surface area contributed by atoms with Crippen LogP contribution in [-0.2, 0) is 11.2 Å². The van der Waals surface area contributed by atoms with Gasteiger partial charge in [-0.05, 0) is 49.9 Å². The molecule has 3 heterocycles. The summed E-state index contributed by atoms with van der Waals surface area (Å²) in [5.74, 6) is -0.631. The summed E-state index contributed by atoms with van der Waals surface area (Å²) in [6.45, 7) is 10.7. The summed E-state index contributed by atoms with van der Waals surface area (Å²) in [5.41, 5.74) is 15.8. The molecule has 2 aromatic heterocycles. The third kappa shape index (κ3) is 4.70. The number of likely N-dealkylation sites (tertiary alicyclic amines) is 1. The van der Waals surface area contributed by atoms with Gasteiger partial charge in [-0.25, -0.2) is 4.85 Å². The Labute approximate surface area is 197 Å². The smallest absolute Gasteiger partial charge is 0.234 e. The SMILES string of the molecule is [C-]#[N+]c1ccc(-n2c(C)c(C(=O)CN3CCC(O)CC3)c3ncc(CC(N)C(N)=O)cc32)cc1. The van der Waals surface area contributed by atoms with Crippen molar-refractivity contribution in [1.29, 1.82) is 0 Å².